The molecule has 3 aromatic rings. The van der Waals surface area contributed by atoms with Crippen molar-refractivity contribution in [1.29, 1.82) is 0 Å². The summed E-state index contributed by atoms with van der Waals surface area (Å²) in [6.07, 6.45) is 6.95. The number of likely N-dealkylation sites (N-methyl/N-ethyl adjacent to an activating group) is 1. The normalized spacial score (nSPS) is 11.7. The Kier molecular flexibility index (Phi) is 7.25. The van der Waals surface area contributed by atoms with Crippen molar-refractivity contribution in [2.45, 2.75) is 25.7 Å². The standard InChI is InChI=1S/C26H30N2O3Si/c1-28(2)25(29)13-8-19-6-9-20(10-7-19)24-18-27-17-22-12-11-21(16-23(22)24)26(30)31-14-15-32(3,4)5/h6-13,16-18H,14-15H2,1-5H3. The summed E-state index contributed by atoms with van der Waals surface area (Å²) in [5, 5.41) is 1.91. The van der Waals surface area contributed by atoms with Crippen LogP contribution in [0.1, 0.15) is 15.9 Å². The third kappa shape index (κ3) is 6.14. The van der Waals surface area contributed by atoms with Crippen LogP contribution in [0.25, 0.3) is 28.0 Å². The van der Waals surface area contributed by atoms with Gasteiger partial charge in [-0.3, -0.25) is 9.78 Å². The fourth-order valence-electron chi connectivity index (χ4n) is 3.14. The Morgan fingerprint density at radius 3 is 2.41 bits per heavy atom. The highest BCUT2D eigenvalue weighted by molar-refractivity contribution is 6.76. The van der Waals surface area contributed by atoms with Crippen LogP contribution in [0.15, 0.2) is 60.9 Å². The van der Waals surface area contributed by atoms with Gasteiger partial charge in [-0.25, -0.2) is 4.79 Å². The number of amides is 1. The van der Waals surface area contributed by atoms with Crippen molar-refractivity contribution in [2.75, 3.05) is 20.7 Å². The minimum atomic E-state index is -1.26. The summed E-state index contributed by atoms with van der Waals surface area (Å²) >= 11 is 0. The summed E-state index contributed by atoms with van der Waals surface area (Å²) in [7, 11) is 2.19. The van der Waals surface area contributed by atoms with E-state index in [2.05, 4.69) is 24.6 Å². The van der Waals surface area contributed by atoms with E-state index in [1.54, 1.807) is 38.5 Å². The van der Waals surface area contributed by atoms with Gasteiger partial charge < -0.3 is 9.64 Å². The van der Waals surface area contributed by atoms with Gasteiger partial charge in [0.25, 0.3) is 0 Å². The molecular weight excluding hydrogens is 416 g/mol. The molecule has 6 heteroatoms. The highest BCUT2D eigenvalue weighted by Gasteiger charge is 2.15. The van der Waals surface area contributed by atoms with Gasteiger partial charge in [0.2, 0.25) is 5.91 Å². The molecular formula is C26H30N2O3Si. The number of carbonyl (C=O) groups is 2. The molecule has 2 aromatic carbocycles. The summed E-state index contributed by atoms with van der Waals surface area (Å²) in [6, 6.07) is 14.4. The minimum Gasteiger partial charge on any atom is -0.462 e. The highest BCUT2D eigenvalue weighted by atomic mass is 28.3. The fraction of sp³-hybridized carbons (Fsp3) is 0.269. The summed E-state index contributed by atoms with van der Waals surface area (Å²) < 4.78 is 5.52. The number of hydrogen-bond acceptors (Lipinski definition) is 4. The molecule has 1 heterocycles. The topological polar surface area (TPSA) is 59.5 Å². The zero-order valence-electron chi connectivity index (χ0n) is 19.4. The minimum absolute atomic E-state index is 0.0587. The number of rotatable bonds is 7. The van der Waals surface area contributed by atoms with Crippen molar-refractivity contribution in [3.05, 3.63) is 72.1 Å². The Morgan fingerprint density at radius 1 is 1.03 bits per heavy atom. The first-order valence-corrected chi connectivity index (χ1v) is 14.4. The number of ether oxygens (including phenoxy) is 1. The molecule has 1 amide bonds. The second kappa shape index (κ2) is 9.91. The van der Waals surface area contributed by atoms with Crippen molar-refractivity contribution in [3.63, 3.8) is 0 Å². The predicted molar refractivity (Wildman–Crippen MR) is 133 cm³/mol. The maximum Gasteiger partial charge on any atom is 0.338 e. The largest absolute Gasteiger partial charge is 0.462 e. The molecule has 0 fully saturated rings. The predicted octanol–water partition coefficient (Wildman–Crippen LogP) is 5.50. The maximum atomic E-state index is 12.6. The number of hydrogen-bond donors (Lipinski definition) is 0. The van der Waals surface area contributed by atoms with E-state index in [0.717, 1.165) is 33.5 Å². The van der Waals surface area contributed by atoms with Crippen LogP contribution in [-0.2, 0) is 9.53 Å². The Hall–Kier alpha value is -3.25. The van der Waals surface area contributed by atoms with E-state index in [-0.39, 0.29) is 11.9 Å². The fourth-order valence-corrected chi connectivity index (χ4v) is 3.86. The van der Waals surface area contributed by atoms with Gasteiger partial charge in [0, 0.05) is 51.6 Å². The van der Waals surface area contributed by atoms with Crippen molar-refractivity contribution >= 4 is 36.8 Å². The third-order valence-corrected chi connectivity index (χ3v) is 6.87. The quantitative estimate of drug-likeness (QED) is 0.273. The van der Waals surface area contributed by atoms with Crippen LogP contribution in [0.5, 0.6) is 0 Å². The van der Waals surface area contributed by atoms with Crippen LogP contribution in [0.3, 0.4) is 0 Å². The summed E-state index contributed by atoms with van der Waals surface area (Å²) in [5.41, 5.74) is 3.41. The Balaban J connectivity index is 1.85. The molecule has 1 aromatic heterocycles. The molecule has 0 aliphatic rings. The number of esters is 1. The number of fused-ring (bicyclic) bond motifs is 1. The van der Waals surface area contributed by atoms with E-state index in [4.69, 9.17) is 4.74 Å². The average molecular weight is 447 g/mol. The first-order valence-electron chi connectivity index (χ1n) is 10.7. The number of benzene rings is 2. The van der Waals surface area contributed by atoms with E-state index in [1.165, 1.54) is 4.90 Å². The van der Waals surface area contributed by atoms with Crippen LogP contribution in [0, 0.1) is 0 Å². The van der Waals surface area contributed by atoms with Gasteiger partial charge in [-0.15, -0.1) is 0 Å². The second-order valence-corrected chi connectivity index (χ2v) is 14.9. The van der Waals surface area contributed by atoms with E-state index in [9.17, 15) is 9.59 Å². The molecule has 5 nitrogen and oxygen atoms in total. The molecule has 0 atom stereocenters. The van der Waals surface area contributed by atoms with E-state index in [0.29, 0.717) is 12.2 Å². The van der Waals surface area contributed by atoms with Gasteiger partial charge >= 0.3 is 5.97 Å². The lowest BCUT2D eigenvalue weighted by atomic mass is 9.98. The van der Waals surface area contributed by atoms with Crippen LogP contribution in [0.2, 0.25) is 25.7 Å². The molecule has 0 N–H and O–H groups in total. The lowest BCUT2D eigenvalue weighted by Gasteiger charge is -2.15. The molecule has 0 unspecified atom stereocenters. The number of pyridine rings is 1. The third-order valence-electron chi connectivity index (χ3n) is 5.16. The van der Waals surface area contributed by atoms with Crippen LogP contribution in [0.4, 0.5) is 0 Å². The van der Waals surface area contributed by atoms with Gasteiger partial charge in [-0.1, -0.05) is 50.0 Å². The van der Waals surface area contributed by atoms with Crippen molar-refractivity contribution in [3.8, 4) is 11.1 Å². The Labute approximate surface area is 190 Å². The average Bonchev–Trinajstić information content (AvgIpc) is 2.76. The summed E-state index contributed by atoms with van der Waals surface area (Å²) in [6.45, 7) is 7.24. The van der Waals surface area contributed by atoms with Gasteiger partial charge in [0.1, 0.15) is 0 Å². The smallest absolute Gasteiger partial charge is 0.338 e. The number of carbonyl (C=O) groups excluding carboxylic acids is 2. The monoisotopic (exact) mass is 446 g/mol. The first kappa shape index (κ1) is 23.4. The molecule has 0 saturated carbocycles. The summed E-state index contributed by atoms with van der Waals surface area (Å²) in [4.78, 5) is 30.2. The lowest BCUT2D eigenvalue weighted by Crippen LogP contribution is -2.22. The van der Waals surface area contributed by atoms with Crippen LogP contribution >= 0.6 is 0 Å². The zero-order chi connectivity index (χ0) is 23.3. The van der Waals surface area contributed by atoms with Gasteiger partial charge in [0.05, 0.1) is 12.2 Å². The summed E-state index contributed by atoms with van der Waals surface area (Å²) in [5.74, 6) is -0.351. The highest BCUT2D eigenvalue weighted by Crippen LogP contribution is 2.29. The van der Waals surface area contributed by atoms with Crippen molar-refractivity contribution in [2.24, 2.45) is 0 Å². The molecule has 32 heavy (non-hydrogen) atoms. The molecule has 3 rings (SSSR count). The Morgan fingerprint density at radius 2 is 1.75 bits per heavy atom. The van der Waals surface area contributed by atoms with E-state index >= 15 is 0 Å². The lowest BCUT2D eigenvalue weighted by molar-refractivity contribution is -0.123. The maximum absolute atomic E-state index is 12.6. The van der Waals surface area contributed by atoms with Gasteiger partial charge in [0.15, 0.2) is 0 Å². The van der Waals surface area contributed by atoms with Crippen molar-refractivity contribution < 1.29 is 14.3 Å². The number of aromatic nitrogens is 1. The molecule has 0 radical (unpaired) electrons. The van der Waals surface area contributed by atoms with E-state index < -0.39 is 8.07 Å². The molecule has 0 spiro atoms. The molecule has 0 bridgehead atoms. The van der Waals surface area contributed by atoms with Crippen LogP contribution in [-0.4, -0.2) is 50.5 Å². The van der Waals surface area contributed by atoms with Crippen LogP contribution < -0.4 is 0 Å². The first-order chi connectivity index (χ1) is 15.1. The van der Waals surface area contributed by atoms with E-state index in [1.807, 2.05) is 42.6 Å². The number of nitrogens with zero attached hydrogens (tertiary/aromatic N) is 2. The van der Waals surface area contributed by atoms with Gasteiger partial charge in [-0.2, -0.15) is 0 Å². The van der Waals surface area contributed by atoms with Crippen molar-refractivity contribution in [1.82, 2.24) is 9.88 Å². The SMILES string of the molecule is CN(C)C(=O)C=Cc1ccc(-c2cncc3ccc(C(=O)OCC[Si](C)(C)C)cc23)cc1. The van der Waals surface area contributed by atoms with Gasteiger partial charge in [-0.05, 0) is 40.8 Å². The zero-order valence-corrected chi connectivity index (χ0v) is 20.4. The molecule has 0 aliphatic heterocycles. The second-order valence-electron chi connectivity index (χ2n) is 9.26. The molecule has 0 saturated heterocycles. The molecule has 166 valence electrons. The Bertz CT molecular complexity index is 1150. The molecule has 0 aliphatic carbocycles.